The van der Waals surface area contributed by atoms with Crippen LogP contribution in [-0.2, 0) is 9.59 Å². The number of carboxylic acid groups (broad SMARTS) is 1. The number of nitrogens with zero attached hydrogens (tertiary/aromatic N) is 1. The van der Waals surface area contributed by atoms with Gasteiger partial charge in [0.15, 0.2) is 6.10 Å². The Labute approximate surface area is 145 Å². The lowest BCUT2D eigenvalue weighted by Gasteiger charge is -2.21. The Morgan fingerprint density at radius 3 is 2.44 bits per heavy atom. The van der Waals surface area contributed by atoms with Crippen molar-refractivity contribution in [2.75, 3.05) is 0 Å². The maximum atomic E-state index is 12.4. The number of ether oxygens (including phenoxy) is 1. The van der Waals surface area contributed by atoms with Crippen LogP contribution in [0.2, 0.25) is 0 Å². The Morgan fingerprint density at radius 2 is 1.80 bits per heavy atom. The minimum Gasteiger partial charge on any atom is -0.481 e. The Kier molecular flexibility index (Phi) is 6.13. The highest BCUT2D eigenvalue weighted by Crippen LogP contribution is 2.20. The molecule has 6 nitrogen and oxygen atoms in total. The monoisotopic (exact) mass is 338 g/mol. The van der Waals surface area contributed by atoms with Crippen molar-refractivity contribution in [1.29, 1.82) is 5.26 Å². The molecule has 0 saturated heterocycles. The molecular weight excluding hydrogens is 320 g/mol. The number of rotatable bonds is 7. The third kappa shape index (κ3) is 5.08. The summed E-state index contributed by atoms with van der Waals surface area (Å²) >= 11 is 0. The molecule has 0 spiro atoms. The number of benzene rings is 2. The SMILES string of the molecule is C[C@H](Oc1ccccc1C#N)C(=O)N[C@@H](CC(=O)O)c1ccccc1. The van der Waals surface area contributed by atoms with E-state index in [2.05, 4.69) is 5.32 Å². The topological polar surface area (TPSA) is 99.4 Å². The molecule has 2 N–H and O–H groups in total. The number of hydrogen-bond donors (Lipinski definition) is 2. The molecule has 0 aliphatic heterocycles. The van der Waals surface area contributed by atoms with E-state index in [1.807, 2.05) is 12.1 Å². The number of carbonyl (C=O) groups is 2. The number of nitriles is 1. The van der Waals surface area contributed by atoms with Gasteiger partial charge in [0.1, 0.15) is 11.8 Å². The Bertz CT molecular complexity index is 784. The van der Waals surface area contributed by atoms with E-state index in [4.69, 9.17) is 15.1 Å². The van der Waals surface area contributed by atoms with Crippen molar-refractivity contribution >= 4 is 11.9 Å². The molecule has 2 atom stereocenters. The molecule has 2 rings (SSSR count). The van der Waals surface area contributed by atoms with E-state index < -0.39 is 24.0 Å². The van der Waals surface area contributed by atoms with E-state index >= 15 is 0 Å². The summed E-state index contributed by atoms with van der Waals surface area (Å²) in [6, 6.07) is 16.8. The van der Waals surface area contributed by atoms with Gasteiger partial charge in [0, 0.05) is 0 Å². The molecule has 0 aromatic heterocycles. The first-order valence-electron chi connectivity index (χ1n) is 7.74. The average Bonchev–Trinajstić information content (AvgIpc) is 2.62. The molecule has 128 valence electrons. The lowest BCUT2D eigenvalue weighted by molar-refractivity contribution is -0.138. The first-order valence-corrected chi connectivity index (χ1v) is 7.74. The van der Waals surface area contributed by atoms with Gasteiger partial charge in [0.25, 0.3) is 5.91 Å². The van der Waals surface area contributed by atoms with E-state index in [0.29, 0.717) is 16.9 Å². The van der Waals surface area contributed by atoms with E-state index in [1.54, 1.807) is 55.5 Å². The second kappa shape index (κ2) is 8.50. The maximum absolute atomic E-state index is 12.4. The van der Waals surface area contributed by atoms with E-state index in [9.17, 15) is 9.59 Å². The van der Waals surface area contributed by atoms with E-state index in [-0.39, 0.29) is 6.42 Å². The molecule has 0 heterocycles. The van der Waals surface area contributed by atoms with Crippen LogP contribution >= 0.6 is 0 Å². The van der Waals surface area contributed by atoms with Crippen molar-refractivity contribution in [1.82, 2.24) is 5.32 Å². The zero-order valence-electron chi connectivity index (χ0n) is 13.7. The summed E-state index contributed by atoms with van der Waals surface area (Å²) < 4.78 is 5.56. The third-order valence-corrected chi connectivity index (χ3v) is 3.58. The van der Waals surface area contributed by atoms with Crippen LogP contribution in [-0.4, -0.2) is 23.1 Å². The number of amides is 1. The van der Waals surface area contributed by atoms with Crippen molar-refractivity contribution in [2.24, 2.45) is 0 Å². The fourth-order valence-corrected chi connectivity index (χ4v) is 2.31. The normalized spacial score (nSPS) is 12.5. The van der Waals surface area contributed by atoms with Crippen LogP contribution in [0.15, 0.2) is 54.6 Å². The fraction of sp³-hybridized carbons (Fsp3) is 0.211. The van der Waals surface area contributed by atoms with Gasteiger partial charge >= 0.3 is 5.97 Å². The first-order chi connectivity index (χ1) is 12.0. The number of nitrogens with one attached hydrogen (secondary N) is 1. The van der Waals surface area contributed by atoms with Crippen molar-refractivity contribution in [3.05, 3.63) is 65.7 Å². The molecule has 1 amide bonds. The molecule has 0 fully saturated rings. The summed E-state index contributed by atoms with van der Waals surface area (Å²) in [4.78, 5) is 23.5. The summed E-state index contributed by atoms with van der Waals surface area (Å²) in [7, 11) is 0. The van der Waals surface area contributed by atoms with Crippen LogP contribution in [0, 0.1) is 11.3 Å². The van der Waals surface area contributed by atoms with Crippen molar-refractivity contribution in [3.8, 4) is 11.8 Å². The summed E-state index contributed by atoms with van der Waals surface area (Å²) in [6.07, 6.45) is -1.12. The Morgan fingerprint density at radius 1 is 1.16 bits per heavy atom. The van der Waals surface area contributed by atoms with E-state index in [0.717, 1.165) is 0 Å². The predicted octanol–water partition coefficient (Wildman–Crippen LogP) is 2.66. The summed E-state index contributed by atoms with van der Waals surface area (Å²) in [5.41, 5.74) is 1.02. The summed E-state index contributed by atoms with van der Waals surface area (Å²) in [6.45, 7) is 1.55. The number of aliphatic carboxylic acids is 1. The lowest BCUT2D eigenvalue weighted by Crippen LogP contribution is -2.39. The molecule has 25 heavy (non-hydrogen) atoms. The van der Waals surface area contributed by atoms with Gasteiger partial charge in [-0.05, 0) is 24.6 Å². The summed E-state index contributed by atoms with van der Waals surface area (Å²) in [5.74, 6) is -1.16. The second-order valence-corrected chi connectivity index (χ2v) is 5.44. The first kappa shape index (κ1) is 18.0. The van der Waals surface area contributed by atoms with Crippen molar-refractivity contribution < 1.29 is 19.4 Å². The van der Waals surface area contributed by atoms with Crippen LogP contribution < -0.4 is 10.1 Å². The zero-order chi connectivity index (χ0) is 18.2. The van der Waals surface area contributed by atoms with Gasteiger partial charge in [-0.2, -0.15) is 5.26 Å². The minimum atomic E-state index is -1.02. The van der Waals surface area contributed by atoms with Gasteiger partial charge in [-0.1, -0.05) is 42.5 Å². The highest BCUT2D eigenvalue weighted by molar-refractivity contribution is 5.82. The van der Waals surface area contributed by atoms with Crippen LogP contribution in [0.5, 0.6) is 5.75 Å². The smallest absolute Gasteiger partial charge is 0.305 e. The van der Waals surface area contributed by atoms with Gasteiger partial charge in [-0.25, -0.2) is 0 Å². The van der Waals surface area contributed by atoms with Gasteiger partial charge in [0.05, 0.1) is 18.0 Å². The average molecular weight is 338 g/mol. The van der Waals surface area contributed by atoms with Gasteiger partial charge in [-0.15, -0.1) is 0 Å². The Balaban J connectivity index is 2.09. The largest absolute Gasteiger partial charge is 0.481 e. The molecule has 0 radical (unpaired) electrons. The minimum absolute atomic E-state index is 0.239. The Hall–Kier alpha value is -3.33. The van der Waals surface area contributed by atoms with Crippen molar-refractivity contribution in [2.45, 2.75) is 25.5 Å². The molecule has 6 heteroatoms. The molecule has 0 unspecified atom stereocenters. The standard InChI is InChI=1S/C19H18N2O4/c1-13(25-17-10-6-5-9-15(17)12-20)19(24)21-16(11-18(22)23)14-7-3-2-4-8-14/h2-10,13,16H,11H2,1H3,(H,21,24)(H,22,23)/t13-,16-/m0/s1. The molecular formula is C19H18N2O4. The lowest BCUT2D eigenvalue weighted by atomic mass is 10.0. The number of hydrogen-bond acceptors (Lipinski definition) is 4. The van der Waals surface area contributed by atoms with Crippen LogP contribution in [0.25, 0.3) is 0 Å². The van der Waals surface area contributed by atoms with E-state index in [1.165, 1.54) is 0 Å². The predicted molar refractivity (Wildman–Crippen MR) is 90.8 cm³/mol. The quantitative estimate of drug-likeness (QED) is 0.808. The third-order valence-electron chi connectivity index (χ3n) is 3.58. The maximum Gasteiger partial charge on any atom is 0.305 e. The molecule has 0 aliphatic carbocycles. The highest BCUT2D eigenvalue weighted by atomic mass is 16.5. The second-order valence-electron chi connectivity index (χ2n) is 5.44. The molecule has 0 bridgehead atoms. The summed E-state index contributed by atoms with van der Waals surface area (Å²) in [5, 5.41) is 20.8. The molecule has 0 saturated carbocycles. The molecule has 2 aromatic rings. The molecule has 2 aromatic carbocycles. The van der Waals surface area contributed by atoms with Gasteiger partial charge in [0.2, 0.25) is 0 Å². The highest BCUT2D eigenvalue weighted by Gasteiger charge is 2.22. The number of para-hydroxylation sites is 1. The van der Waals surface area contributed by atoms with Crippen LogP contribution in [0.4, 0.5) is 0 Å². The van der Waals surface area contributed by atoms with Gasteiger partial charge in [-0.3, -0.25) is 9.59 Å². The van der Waals surface area contributed by atoms with Crippen LogP contribution in [0.1, 0.15) is 30.5 Å². The van der Waals surface area contributed by atoms with Crippen LogP contribution in [0.3, 0.4) is 0 Å². The molecule has 0 aliphatic rings. The number of carbonyl (C=O) groups excluding carboxylic acids is 1. The van der Waals surface area contributed by atoms with Crippen molar-refractivity contribution in [3.63, 3.8) is 0 Å². The number of carboxylic acids is 1. The zero-order valence-corrected chi connectivity index (χ0v) is 13.7. The fourth-order valence-electron chi connectivity index (χ4n) is 2.31. The van der Waals surface area contributed by atoms with Gasteiger partial charge < -0.3 is 15.2 Å².